The second-order valence-corrected chi connectivity index (χ2v) is 19.7. The first-order chi connectivity index (χ1) is 32.0. The number of Topliss-reactive ketones (excluding diaryl/α,β-unsaturated/α-hetero) is 1. The van der Waals surface area contributed by atoms with E-state index in [0.717, 1.165) is 10.8 Å². The fraction of sp³-hybridized carbons (Fsp3) is 0.404. The lowest BCUT2D eigenvalue weighted by molar-refractivity contribution is -0.142. The summed E-state index contributed by atoms with van der Waals surface area (Å²) in [5.41, 5.74) is 1.86. The molecule has 17 heteroatoms. The Balaban J connectivity index is 1.61. The Morgan fingerprint density at radius 1 is 0.522 bits per heavy atom. The molecule has 9 N–H and O–H groups in total. The quantitative estimate of drug-likeness (QED) is 0.0529. The predicted octanol–water partition coefficient (Wildman–Crippen LogP) is 3.43. The van der Waals surface area contributed by atoms with E-state index in [2.05, 4.69) is 31.9 Å². The summed E-state index contributed by atoms with van der Waals surface area (Å²) in [6.07, 6.45) is -0.491. The molecule has 0 aromatic heterocycles. The third kappa shape index (κ3) is 15.1. The number of aliphatic carboxylic acids is 1. The van der Waals surface area contributed by atoms with Crippen molar-refractivity contribution in [1.29, 1.82) is 0 Å². The average molecular weight is 948 g/mol. The number of ketones is 2. The van der Waals surface area contributed by atoms with Gasteiger partial charge < -0.3 is 42.7 Å². The second-order valence-electron chi connectivity index (χ2n) is 19.7. The van der Waals surface area contributed by atoms with Crippen LogP contribution in [0.1, 0.15) is 103 Å². The first-order valence-electron chi connectivity index (χ1n) is 22.6. The molecule has 0 aliphatic heterocycles. The number of benzene rings is 4. The second kappa shape index (κ2) is 22.2. The molecule has 4 rings (SSSR count). The molecule has 0 fully saturated rings. The van der Waals surface area contributed by atoms with Gasteiger partial charge in [0.15, 0.2) is 11.6 Å². The van der Waals surface area contributed by atoms with Crippen molar-refractivity contribution in [1.82, 2.24) is 31.9 Å². The summed E-state index contributed by atoms with van der Waals surface area (Å²) in [4.78, 5) is 120. The van der Waals surface area contributed by atoms with E-state index in [4.69, 9.17) is 5.73 Å². The Morgan fingerprint density at radius 3 is 1.51 bits per heavy atom. The van der Waals surface area contributed by atoms with Crippen molar-refractivity contribution >= 4 is 63.8 Å². The van der Waals surface area contributed by atoms with E-state index in [1.807, 2.05) is 42.5 Å². The van der Waals surface area contributed by atoms with Crippen LogP contribution in [0.25, 0.3) is 10.8 Å². The average Bonchev–Trinajstić information content (AvgIpc) is 3.27. The zero-order valence-corrected chi connectivity index (χ0v) is 40.9. The maximum atomic E-state index is 14.4. The first-order valence-corrected chi connectivity index (χ1v) is 22.6. The maximum absolute atomic E-state index is 14.4. The molecule has 69 heavy (non-hydrogen) atoms. The first kappa shape index (κ1) is 54.3. The lowest BCUT2D eigenvalue weighted by atomic mass is 9.84. The highest BCUT2D eigenvalue weighted by atomic mass is 16.4. The molecular formula is C52H65N7O10. The number of nitrogens with two attached hydrogens (primary N) is 1. The smallest absolute Gasteiger partial charge is 0.325 e. The highest BCUT2D eigenvalue weighted by Crippen LogP contribution is 2.24. The molecule has 0 saturated carbocycles. The summed E-state index contributed by atoms with van der Waals surface area (Å²) in [5.74, 6) is -6.42. The van der Waals surface area contributed by atoms with Gasteiger partial charge in [-0.2, -0.15) is 0 Å². The van der Waals surface area contributed by atoms with Crippen LogP contribution >= 0.6 is 0 Å². The molecule has 6 amide bonds. The van der Waals surface area contributed by atoms with Crippen LogP contribution < -0.4 is 37.6 Å². The summed E-state index contributed by atoms with van der Waals surface area (Å²) in [7, 11) is 0. The van der Waals surface area contributed by atoms with E-state index in [9.17, 15) is 48.3 Å². The predicted molar refractivity (Wildman–Crippen MR) is 260 cm³/mol. The molecule has 4 aromatic rings. The monoisotopic (exact) mass is 947 g/mol. The van der Waals surface area contributed by atoms with Crippen molar-refractivity contribution < 1.29 is 48.3 Å². The molecule has 0 bridgehead atoms. The largest absolute Gasteiger partial charge is 0.480 e. The molecule has 0 spiro atoms. The van der Waals surface area contributed by atoms with Gasteiger partial charge in [0.05, 0.1) is 17.0 Å². The number of carbonyl (C=O) groups is 9. The normalized spacial score (nSPS) is 13.7. The van der Waals surface area contributed by atoms with Gasteiger partial charge >= 0.3 is 5.97 Å². The van der Waals surface area contributed by atoms with Gasteiger partial charge in [-0.25, -0.2) is 0 Å². The van der Waals surface area contributed by atoms with E-state index in [1.165, 1.54) is 69.2 Å². The maximum Gasteiger partial charge on any atom is 0.325 e. The van der Waals surface area contributed by atoms with E-state index < -0.39 is 93.4 Å². The van der Waals surface area contributed by atoms with E-state index >= 15 is 0 Å². The topological polar surface area (TPSA) is 272 Å². The van der Waals surface area contributed by atoms with Gasteiger partial charge in [-0.15, -0.1) is 0 Å². The highest BCUT2D eigenvalue weighted by Gasteiger charge is 2.40. The van der Waals surface area contributed by atoms with E-state index in [0.29, 0.717) is 22.3 Å². The lowest BCUT2D eigenvalue weighted by Gasteiger charge is -2.33. The Bertz CT molecular complexity index is 2580. The number of fused-ring (bicyclic) bond motifs is 1. The molecule has 368 valence electrons. The summed E-state index contributed by atoms with van der Waals surface area (Å²) in [5, 5.41) is 26.9. The zero-order valence-electron chi connectivity index (χ0n) is 40.9. The van der Waals surface area contributed by atoms with Gasteiger partial charge in [0, 0.05) is 30.4 Å². The van der Waals surface area contributed by atoms with Crippen molar-refractivity contribution in [2.45, 2.75) is 129 Å². The van der Waals surface area contributed by atoms with Crippen LogP contribution in [0.15, 0.2) is 97.1 Å². The summed E-state index contributed by atoms with van der Waals surface area (Å²) in [6, 6.07) is 23.2. The van der Waals surface area contributed by atoms with Crippen LogP contribution in [-0.4, -0.2) is 98.9 Å². The van der Waals surface area contributed by atoms with Crippen molar-refractivity contribution in [3.8, 4) is 0 Å². The Morgan fingerprint density at radius 2 is 0.971 bits per heavy atom. The summed E-state index contributed by atoms with van der Waals surface area (Å²) >= 11 is 0. The van der Waals surface area contributed by atoms with Gasteiger partial charge in [-0.3, -0.25) is 43.2 Å². The summed E-state index contributed by atoms with van der Waals surface area (Å²) in [6.45, 7) is 14.3. The minimum absolute atomic E-state index is 0.0341. The van der Waals surface area contributed by atoms with Gasteiger partial charge in [0.25, 0.3) is 0 Å². The number of amides is 6. The molecule has 0 aliphatic rings. The highest BCUT2D eigenvalue weighted by molar-refractivity contribution is 6.09. The number of hydrogen-bond acceptors (Lipinski definition) is 10. The van der Waals surface area contributed by atoms with Crippen molar-refractivity contribution in [3.05, 3.63) is 119 Å². The van der Waals surface area contributed by atoms with Crippen molar-refractivity contribution in [3.63, 3.8) is 0 Å². The van der Waals surface area contributed by atoms with Crippen LogP contribution in [0.4, 0.5) is 0 Å². The molecular weight excluding hydrogens is 883 g/mol. The van der Waals surface area contributed by atoms with Crippen molar-refractivity contribution in [2.75, 3.05) is 0 Å². The fourth-order valence-corrected chi connectivity index (χ4v) is 6.97. The standard InChI is InChI=1S/C52H65N7O10/c1-30(54-46(67)50(5,6)53)40(60)29-49(3,4)45(66)56-39(28-33-22-23-34-16-14-15-19-37(34)26-33)43(63)59-52(9,10)48(69)57-38(42(62)58-51(7,8)47(68)55-31(2)44(64)65)27-32-20-24-36(25-21-32)41(61)35-17-12-11-13-18-35/h11-26,30-31,38-39H,27-29,53H2,1-10H3,(H,54,67)(H,55,68)(H,56,66)(H,57,69)(H,58,62)(H,59,63)(H,64,65). The van der Waals surface area contributed by atoms with Crippen LogP contribution in [0.2, 0.25) is 0 Å². The lowest BCUT2D eigenvalue weighted by Crippen LogP contribution is -2.64. The minimum atomic E-state index is -1.76. The van der Waals surface area contributed by atoms with Crippen LogP contribution in [0, 0.1) is 5.41 Å². The molecule has 17 nitrogen and oxygen atoms in total. The van der Waals surface area contributed by atoms with Gasteiger partial charge in [0.2, 0.25) is 35.4 Å². The number of hydrogen-bond donors (Lipinski definition) is 8. The van der Waals surface area contributed by atoms with Crippen molar-refractivity contribution in [2.24, 2.45) is 11.1 Å². The van der Waals surface area contributed by atoms with Crippen LogP contribution in [-0.2, 0) is 51.2 Å². The Labute approximate surface area is 402 Å². The van der Waals surface area contributed by atoms with Crippen LogP contribution in [0.3, 0.4) is 0 Å². The third-order valence-electron chi connectivity index (χ3n) is 11.6. The molecule has 4 unspecified atom stereocenters. The number of carboxylic acids is 1. The van der Waals surface area contributed by atoms with E-state index in [1.54, 1.807) is 54.6 Å². The Hall–Kier alpha value is -7.27. The van der Waals surface area contributed by atoms with Gasteiger partial charge in [0.1, 0.15) is 29.2 Å². The zero-order chi connectivity index (χ0) is 51.6. The SMILES string of the molecule is CC(NC(=O)C(C)(C)NC(=O)C(Cc1ccc(C(=O)c2ccccc2)cc1)NC(=O)C(C)(C)NC(=O)C(Cc1ccc2ccccc2c1)NC(=O)C(C)(C)CC(=O)C(C)NC(=O)C(C)(C)N)C(=O)O. The fourth-order valence-electron chi connectivity index (χ4n) is 6.97. The van der Waals surface area contributed by atoms with E-state index in [-0.39, 0.29) is 25.0 Å². The number of carboxylic acid groups (broad SMARTS) is 1. The van der Waals surface area contributed by atoms with Crippen LogP contribution in [0.5, 0.6) is 0 Å². The number of rotatable bonds is 22. The number of nitrogens with one attached hydrogen (secondary N) is 6. The molecule has 0 aliphatic carbocycles. The molecule has 4 aromatic carbocycles. The minimum Gasteiger partial charge on any atom is -0.480 e. The molecule has 4 atom stereocenters. The summed E-state index contributed by atoms with van der Waals surface area (Å²) < 4.78 is 0. The number of carbonyl (C=O) groups excluding carboxylic acids is 8. The Kier molecular flexibility index (Phi) is 17.5. The van der Waals surface area contributed by atoms with Gasteiger partial charge in [-0.05, 0) is 77.3 Å². The van der Waals surface area contributed by atoms with Gasteiger partial charge in [-0.1, -0.05) is 111 Å². The third-order valence-corrected chi connectivity index (χ3v) is 11.6. The molecule has 0 saturated heterocycles. The molecule has 0 radical (unpaired) electrons. The molecule has 0 heterocycles.